The number of amides is 1. The predicted molar refractivity (Wildman–Crippen MR) is 436 cm³/mol. The largest absolute Gasteiger partial charge is 0.491 e. The molecule has 34 heteroatoms. The van der Waals surface area contributed by atoms with Crippen molar-refractivity contribution in [1.29, 1.82) is 0 Å². The summed E-state index contributed by atoms with van der Waals surface area (Å²) in [4.78, 5) is 49.9. The minimum atomic E-state index is -3.34. The van der Waals surface area contributed by atoms with E-state index in [1.807, 2.05) is 128 Å². The van der Waals surface area contributed by atoms with Crippen LogP contribution in [0, 0.1) is 62.3 Å². The summed E-state index contributed by atoms with van der Waals surface area (Å²) in [7, 11) is 6.60. The quantitative estimate of drug-likeness (QED) is 0.0251. The van der Waals surface area contributed by atoms with Crippen LogP contribution in [0.5, 0.6) is 17.2 Å². The number of ether oxygens (including phenoxy) is 7. The highest BCUT2D eigenvalue weighted by Gasteiger charge is 2.33. The summed E-state index contributed by atoms with van der Waals surface area (Å²) >= 11 is 0. The molecule has 9 aromatic rings. The molecule has 3 unspecified atom stereocenters. The third kappa shape index (κ3) is 22.6. The number of anilines is 3. The Bertz CT molecular complexity index is 4770. The number of aryl methyl sites for hydroxylation is 6. The molecule has 6 aromatic heterocycles. The molecule has 3 aromatic carbocycles. The van der Waals surface area contributed by atoms with E-state index in [4.69, 9.17) is 76.6 Å². The first kappa shape index (κ1) is 87.5. The minimum absolute atomic E-state index is 0.145. The molecule has 0 spiro atoms. The third-order valence-corrected chi connectivity index (χ3v) is 21.1. The second kappa shape index (κ2) is 40.6. The van der Waals surface area contributed by atoms with Gasteiger partial charge in [-0.1, -0.05) is 58.8 Å². The molecule has 622 valence electrons. The van der Waals surface area contributed by atoms with Crippen LogP contribution in [0.25, 0.3) is 67.9 Å². The average molecular weight is 1610 g/mol. The average Bonchev–Trinajstić information content (AvgIpc) is 1.77. The lowest BCUT2D eigenvalue weighted by atomic mass is 10.0. The first-order chi connectivity index (χ1) is 55.1. The molecular formula is C81H111N17O16S. The van der Waals surface area contributed by atoms with E-state index < -0.39 is 34.4 Å². The number of rotatable bonds is 30. The number of hydrogen-bond donors (Lipinski definition) is 6. The van der Waals surface area contributed by atoms with Crippen LogP contribution in [-0.2, 0) is 29.0 Å². The summed E-state index contributed by atoms with van der Waals surface area (Å²) < 4.78 is 81.8. The van der Waals surface area contributed by atoms with Crippen molar-refractivity contribution in [3.63, 3.8) is 0 Å². The first-order valence-electron chi connectivity index (χ1n) is 38.5. The second-order valence-corrected chi connectivity index (χ2v) is 31.0. The number of aliphatic hydroxyl groups excluding tert-OH is 3. The van der Waals surface area contributed by atoms with Gasteiger partial charge in [-0.15, -0.1) is 0 Å². The maximum Gasteiger partial charge on any atom is 0.409 e. The lowest BCUT2D eigenvalue weighted by Crippen LogP contribution is -2.48. The maximum absolute atomic E-state index is 12.0. The van der Waals surface area contributed by atoms with Crippen LogP contribution >= 0.6 is 0 Å². The van der Waals surface area contributed by atoms with Gasteiger partial charge >= 0.3 is 6.09 Å². The molecule has 12 rings (SSSR count). The molecule has 33 nitrogen and oxygen atoms in total. The highest BCUT2D eigenvalue weighted by atomic mass is 32.2. The van der Waals surface area contributed by atoms with Crippen LogP contribution in [0.1, 0.15) is 64.4 Å². The monoisotopic (exact) mass is 1610 g/mol. The van der Waals surface area contributed by atoms with Gasteiger partial charge in [0.1, 0.15) is 90.1 Å². The van der Waals surface area contributed by atoms with Gasteiger partial charge in [-0.3, -0.25) is 0 Å². The van der Waals surface area contributed by atoms with E-state index in [-0.39, 0.29) is 44.7 Å². The van der Waals surface area contributed by atoms with Gasteiger partial charge in [0.05, 0.1) is 109 Å². The second-order valence-electron chi connectivity index (χ2n) is 28.9. The molecule has 3 saturated heterocycles. The van der Waals surface area contributed by atoms with Gasteiger partial charge in [-0.25, -0.2) is 47.4 Å². The Kier molecular flexibility index (Phi) is 30.9. The van der Waals surface area contributed by atoms with Gasteiger partial charge in [-0.2, -0.15) is 0 Å². The summed E-state index contributed by atoms with van der Waals surface area (Å²) in [6, 6.07) is 22.6. The number of aromatic nitrogens is 9. The topological polar surface area (TPSA) is 384 Å². The fourth-order valence-corrected chi connectivity index (χ4v) is 14.3. The summed E-state index contributed by atoms with van der Waals surface area (Å²) in [6.45, 7) is 27.3. The number of nitrogens with zero attached hydrogens (tertiary/aromatic N) is 14. The number of carbonyl (C=O) groups excluding carboxylic acids is 1. The van der Waals surface area contributed by atoms with Crippen molar-refractivity contribution in [2.45, 2.75) is 112 Å². The molecule has 0 aliphatic carbocycles. The zero-order valence-electron chi connectivity index (χ0n) is 68.9. The predicted octanol–water partition coefficient (Wildman–Crippen LogP) is 7.66. The Morgan fingerprint density at radius 3 is 1.13 bits per heavy atom. The van der Waals surface area contributed by atoms with E-state index in [0.29, 0.717) is 124 Å². The van der Waals surface area contributed by atoms with E-state index in [2.05, 4.69) is 60.0 Å². The number of benzene rings is 3. The number of nitrogens with one attached hydrogen (secondary N) is 3. The molecule has 3 aliphatic heterocycles. The molecule has 6 atom stereocenters. The molecule has 9 heterocycles. The highest BCUT2D eigenvalue weighted by Crippen LogP contribution is 2.40. The standard InChI is InChI=1S/C28H38N6O6.C27H38N6O6S.C26H35N5O4/c1-17-25(24-18(2)32-40-19(24)3)30-26(20-8-7-9-22(12-20)39-16-21(35)13-29-4)31-27(17)34-10-11-38-23(15-34)14-33(5)28(36)37-6;1-17-25(24-18(2)31-39-19(24)3)29-26(20-8-7-9-22(12-20)38-16-21(34)13-28-4)30-27(17)33-10-11-37-23(15-33)14-32(5)40(6,35)36;1-6-21-14-31(10-11-33-21)26-16(2)24(23-17(3)30-35-18(23)4)28-25(29-26)19-8-7-9-22(12-19)34-15-20(32)13-27-5/h7-9,12,21,23,29,35H,10-11,13-16H2,1-6H3;7-9,12,21,23,28,34H,10-11,13-16H2,1-6H3;7-9,12,20-21,27,32H,6,10-11,13-15H2,1-5H3/t2*21?,23-;20?,21-/m111/s1. The lowest BCUT2D eigenvalue weighted by Gasteiger charge is -2.36. The Balaban J connectivity index is 0.000000183. The molecule has 0 radical (unpaired) electrons. The third-order valence-electron chi connectivity index (χ3n) is 19.9. The Hall–Kier alpha value is -9.85. The zero-order chi connectivity index (χ0) is 82.8. The van der Waals surface area contributed by atoms with E-state index in [1.54, 1.807) is 35.2 Å². The van der Waals surface area contributed by atoms with Crippen molar-refractivity contribution < 1.29 is 75.3 Å². The van der Waals surface area contributed by atoms with E-state index in [1.165, 1.54) is 22.6 Å². The summed E-state index contributed by atoms with van der Waals surface area (Å²) in [6.07, 6.45) is -0.523. The molecule has 3 aliphatic rings. The highest BCUT2D eigenvalue weighted by molar-refractivity contribution is 7.88. The molecule has 1 amide bonds. The van der Waals surface area contributed by atoms with Crippen molar-refractivity contribution in [3.8, 4) is 85.2 Å². The summed E-state index contributed by atoms with van der Waals surface area (Å²) in [5.41, 5.74) is 12.2. The van der Waals surface area contributed by atoms with Gasteiger partial charge in [0.15, 0.2) is 17.5 Å². The van der Waals surface area contributed by atoms with E-state index in [0.717, 1.165) is 121 Å². The minimum Gasteiger partial charge on any atom is -0.491 e. The van der Waals surface area contributed by atoms with Gasteiger partial charge in [0, 0.05) is 113 Å². The summed E-state index contributed by atoms with van der Waals surface area (Å²) in [5.74, 6) is 7.90. The number of likely N-dealkylation sites (N-methyl/N-ethyl adjacent to an activating group) is 5. The summed E-state index contributed by atoms with van der Waals surface area (Å²) in [5, 5.41) is 51.3. The smallest absolute Gasteiger partial charge is 0.409 e. The van der Waals surface area contributed by atoms with Crippen molar-refractivity contribution >= 4 is 33.6 Å². The SMILES string of the molecule is CC[C@@H]1CN(c2nc(-c3cccc(OCC(O)CNC)c3)nc(-c3c(C)noc3C)c2C)CCO1.CNCC(O)COc1cccc(-c2nc(-c3c(C)noc3C)c(C)c(N3CCO[C@H](CN(C)C(=O)OC)C3)n2)c1.CNCC(O)COc1cccc(-c2nc(-c3c(C)noc3C)c(C)c(N3CCO[C@H](CN(C)S(C)(=O)=O)C3)n2)c1. The van der Waals surface area contributed by atoms with Crippen molar-refractivity contribution in [2.24, 2.45) is 0 Å². The number of methoxy groups -OCH3 is 1. The van der Waals surface area contributed by atoms with Gasteiger partial charge in [0.25, 0.3) is 0 Å². The van der Waals surface area contributed by atoms with Crippen molar-refractivity contribution in [3.05, 3.63) is 124 Å². The van der Waals surface area contributed by atoms with Crippen molar-refractivity contribution in [2.75, 3.05) is 175 Å². The number of hydrogen-bond acceptors (Lipinski definition) is 31. The number of carbonyl (C=O) groups is 1. The van der Waals surface area contributed by atoms with Crippen LogP contribution in [0.4, 0.5) is 22.2 Å². The van der Waals surface area contributed by atoms with Gasteiger partial charge < -0.3 is 97.6 Å². The van der Waals surface area contributed by atoms with Crippen molar-refractivity contribution in [1.82, 2.24) is 70.5 Å². The Labute approximate surface area is 672 Å². The van der Waals surface area contributed by atoms with Crippen LogP contribution in [0.2, 0.25) is 0 Å². The molecule has 3 fully saturated rings. The first-order valence-corrected chi connectivity index (χ1v) is 40.4. The fourth-order valence-electron chi connectivity index (χ4n) is 13.8. The van der Waals surface area contributed by atoms with Gasteiger partial charge in [0.2, 0.25) is 10.0 Å². The number of sulfonamides is 1. The van der Waals surface area contributed by atoms with E-state index >= 15 is 0 Å². The molecule has 6 N–H and O–H groups in total. The van der Waals surface area contributed by atoms with Gasteiger partial charge in [-0.05, 0) is 126 Å². The molecular weight excluding hydrogens is 1500 g/mol. The molecule has 0 saturated carbocycles. The van der Waals surface area contributed by atoms with E-state index in [9.17, 15) is 28.5 Å². The van der Waals surface area contributed by atoms with Crippen LogP contribution in [0.15, 0.2) is 86.4 Å². The fraction of sp³-hybridized carbons (Fsp3) is 0.506. The van der Waals surface area contributed by atoms with Crippen LogP contribution in [0.3, 0.4) is 0 Å². The maximum atomic E-state index is 12.0. The van der Waals surface area contributed by atoms with Crippen LogP contribution < -0.4 is 44.9 Å². The Morgan fingerprint density at radius 1 is 0.513 bits per heavy atom. The molecule has 115 heavy (non-hydrogen) atoms. The zero-order valence-corrected chi connectivity index (χ0v) is 69.8. The number of aliphatic hydroxyl groups is 3. The number of morpholine rings is 3. The lowest BCUT2D eigenvalue weighted by molar-refractivity contribution is 0.0197. The molecule has 0 bridgehead atoms. The van der Waals surface area contributed by atoms with Crippen LogP contribution in [-0.4, -0.2) is 281 Å². The Morgan fingerprint density at radius 2 is 0.835 bits per heavy atom. The normalized spacial score (nSPS) is 16.6.